The lowest BCUT2D eigenvalue weighted by Gasteiger charge is -2.24. The molecule has 0 unspecified atom stereocenters. The lowest BCUT2D eigenvalue weighted by atomic mass is 10.3. The van der Waals surface area contributed by atoms with E-state index in [9.17, 15) is 27.5 Å². The molecule has 0 amide bonds. The predicted octanol–water partition coefficient (Wildman–Crippen LogP) is 2.59. The second-order valence-corrected chi connectivity index (χ2v) is 4.55. The van der Waals surface area contributed by atoms with Crippen LogP contribution in [0.25, 0.3) is 0 Å². The molecule has 4 nitrogen and oxygen atoms in total. The molecule has 1 aromatic rings. The van der Waals surface area contributed by atoms with Crippen LogP contribution in [-0.2, 0) is 9.53 Å². The molecule has 0 saturated carbocycles. The quantitative estimate of drug-likeness (QED) is 0.510. The van der Waals surface area contributed by atoms with Crippen molar-refractivity contribution in [2.75, 3.05) is 7.11 Å². The van der Waals surface area contributed by atoms with Crippen LogP contribution < -0.4 is 0 Å². The number of alkyl halides is 4. The molecule has 0 radical (unpaired) electrons. The van der Waals surface area contributed by atoms with Gasteiger partial charge in [-0.3, -0.25) is 0 Å². The smallest absolute Gasteiger partial charge is 0.443 e. The number of phenols is 2. The molecule has 0 fully saturated rings. The molecule has 1 aromatic carbocycles. The third-order valence-corrected chi connectivity index (χ3v) is 3.25. The minimum atomic E-state index is -5.53. The summed E-state index contributed by atoms with van der Waals surface area (Å²) < 4.78 is 55.5. The molecule has 0 aliphatic heterocycles. The Morgan fingerprint density at radius 3 is 2.26 bits per heavy atom. The maximum absolute atomic E-state index is 13.8. The van der Waals surface area contributed by atoms with Gasteiger partial charge in [-0.15, -0.1) is 0 Å². The number of phenolic OH excluding ortho intramolecular Hbond substituents is 2. The van der Waals surface area contributed by atoms with E-state index in [0.717, 1.165) is 18.2 Å². The van der Waals surface area contributed by atoms with Gasteiger partial charge in [0.1, 0.15) is 11.5 Å². The van der Waals surface area contributed by atoms with Gasteiger partial charge in [0.2, 0.25) is 0 Å². The molecule has 0 spiro atoms. The second kappa shape index (κ2) is 5.16. The number of methoxy groups -OCH3 is 1. The van der Waals surface area contributed by atoms with E-state index >= 15 is 0 Å². The number of esters is 1. The molecular formula is C10H8F4O4S. The van der Waals surface area contributed by atoms with Crippen LogP contribution in [0.15, 0.2) is 23.1 Å². The second-order valence-electron chi connectivity index (χ2n) is 3.34. The Morgan fingerprint density at radius 1 is 1.26 bits per heavy atom. The van der Waals surface area contributed by atoms with Crippen LogP contribution in [0.1, 0.15) is 0 Å². The van der Waals surface area contributed by atoms with Gasteiger partial charge in [-0.25, -0.2) is 9.18 Å². The monoisotopic (exact) mass is 300 g/mol. The Labute approximate surface area is 109 Å². The summed E-state index contributed by atoms with van der Waals surface area (Å²) in [6.45, 7) is 0. The van der Waals surface area contributed by atoms with Crippen LogP contribution in [-0.4, -0.2) is 34.5 Å². The average Bonchev–Trinajstić information content (AvgIpc) is 2.30. The van der Waals surface area contributed by atoms with E-state index < -0.39 is 45.3 Å². The average molecular weight is 300 g/mol. The Balaban J connectivity index is 3.19. The largest absolute Gasteiger partial charge is 0.508 e. The normalized spacial score (nSPS) is 14.8. The molecule has 0 bridgehead atoms. The predicted molar refractivity (Wildman–Crippen MR) is 57.5 cm³/mol. The van der Waals surface area contributed by atoms with Crippen LogP contribution >= 0.6 is 11.8 Å². The van der Waals surface area contributed by atoms with Crippen LogP contribution in [0.5, 0.6) is 11.5 Å². The zero-order chi connectivity index (χ0) is 14.8. The van der Waals surface area contributed by atoms with Gasteiger partial charge in [-0.2, -0.15) is 13.2 Å². The first-order chi connectivity index (χ1) is 8.61. The van der Waals surface area contributed by atoms with Crippen molar-refractivity contribution in [3.8, 4) is 11.5 Å². The van der Waals surface area contributed by atoms with E-state index in [2.05, 4.69) is 4.74 Å². The molecule has 19 heavy (non-hydrogen) atoms. The first-order valence-electron chi connectivity index (χ1n) is 4.67. The van der Waals surface area contributed by atoms with Gasteiger partial charge >= 0.3 is 17.1 Å². The Morgan fingerprint density at radius 2 is 1.84 bits per heavy atom. The standard InChI is InChI=1S/C10H8F4O4S/c1-18-8(17)9(11,10(12,13)14)19-7-3-2-5(15)4-6(7)16/h2-4,15-16H,1H3/t9-/m0/s1. The molecule has 1 rings (SSSR count). The maximum Gasteiger partial charge on any atom is 0.443 e. The fourth-order valence-corrected chi connectivity index (χ4v) is 1.98. The zero-order valence-electron chi connectivity index (χ0n) is 9.36. The van der Waals surface area contributed by atoms with E-state index in [1.807, 2.05) is 0 Å². The van der Waals surface area contributed by atoms with Crippen LogP contribution in [0.4, 0.5) is 17.6 Å². The highest BCUT2D eigenvalue weighted by molar-refractivity contribution is 8.01. The zero-order valence-corrected chi connectivity index (χ0v) is 10.2. The third kappa shape index (κ3) is 3.03. The number of carbonyl (C=O) groups is 1. The third-order valence-electron chi connectivity index (χ3n) is 2.01. The van der Waals surface area contributed by atoms with Crippen molar-refractivity contribution >= 4 is 17.7 Å². The molecular weight excluding hydrogens is 292 g/mol. The van der Waals surface area contributed by atoms with Crippen LogP contribution in [0, 0.1) is 0 Å². The maximum atomic E-state index is 13.8. The summed E-state index contributed by atoms with van der Waals surface area (Å²) in [6.07, 6.45) is -5.53. The summed E-state index contributed by atoms with van der Waals surface area (Å²) >= 11 is -0.561. The number of carbonyl (C=O) groups excluding carboxylic acids is 1. The van der Waals surface area contributed by atoms with Crippen molar-refractivity contribution in [1.82, 2.24) is 0 Å². The van der Waals surface area contributed by atoms with Gasteiger partial charge < -0.3 is 14.9 Å². The molecule has 2 N–H and O–H groups in total. The molecule has 9 heteroatoms. The molecule has 0 saturated heterocycles. The van der Waals surface area contributed by atoms with Crippen molar-refractivity contribution in [1.29, 1.82) is 0 Å². The summed E-state index contributed by atoms with van der Waals surface area (Å²) in [5.74, 6) is -3.35. The summed E-state index contributed by atoms with van der Waals surface area (Å²) in [4.78, 5) is 10.4. The topological polar surface area (TPSA) is 66.8 Å². The number of aromatic hydroxyl groups is 2. The van der Waals surface area contributed by atoms with Gasteiger partial charge in [0, 0.05) is 6.07 Å². The van der Waals surface area contributed by atoms with E-state index in [4.69, 9.17) is 5.11 Å². The summed E-state index contributed by atoms with van der Waals surface area (Å²) in [7, 11) is 0.611. The number of rotatable bonds is 3. The minimum Gasteiger partial charge on any atom is -0.508 e. The van der Waals surface area contributed by atoms with E-state index in [-0.39, 0.29) is 0 Å². The first kappa shape index (κ1) is 15.4. The lowest BCUT2D eigenvalue weighted by molar-refractivity contribution is -0.209. The van der Waals surface area contributed by atoms with Crippen molar-refractivity contribution in [3.63, 3.8) is 0 Å². The van der Waals surface area contributed by atoms with Crippen molar-refractivity contribution in [2.24, 2.45) is 0 Å². The highest BCUT2D eigenvalue weighted by Gasteiger charge is 2.64. The number of hydrogen-bond donors (Lipinski definition) is 2. The van der Waals surface area contributed by atoms with Gasteiger partial charge in [0.05, 0.1) is 12.0 Å². The highest BCUT2D eigenvalue weighted by Crippen LogP contribution is 2.49. The van der Waals surface area contributed by atoms with Gasteiger partial charge in [0.25, 0.3) is 0 Å². The molecule has 0 aromatic heterocycles. The minimum absolute atomic E-state index is 0.420. The summed E-state index contributed by atoms with van der Waals surface area (Å²) in [5, 5.41) is 13.9. The highest BCUT2D eigenvalue weighted by atomic mass is 32.2. The summed E-state index contributed by atoms with van der Waals surface area (Å²) in [5.41, 5.74) is 0. The molecule has 0 heterocycles. The number of halogens is 4. The Bertz CT molecular complexity index is 491. The Hall–Kier alpha value is -1.64. The van der Waals surface area contributed by atoms with Crippen LogP contribution in [0.3, 0.4) is 0 Å². The Kier molecular flexibility index (Phi) is 4.18. The van der Waals surface area contributed by atoms with Gasteiger partial charge in [0.15, 0.2) is 0 Å². The van der Waals surface area contributed by atoms with E-state index in [1.54, 1.807) is 0 Å². The van der Waals surface area contributed by atoms with Crippen molar-refractivity contribution in [2.45, 2.75) is 16.1 Å². The summed E-state index contributed by atoms with van der Waals surface area (Å²) in [6, 6.07) is 2.50. The van der Waals surface area contributed by atoms with Gasteiger partial charge in [-0.1, -0.05) is 11.8 Å². The SMILES string of the molecule is COC(=O)[C@](F)(Sc1ccc(O)cc1O)C(F)(F)F. The van der Waals surface area contributed by atoms with E-state index in [1.165, 1.54) is 0 Å². The number of hydrogen-bond acceptors (Lipinski definition) is 5. The number of benzene rings is 1. The van der Waals surface area contributed by atoms with Crippen molar-refractivity contribution < 1.29 is 37.3 Å². The fourth-order valence-electron chi connectivity index (χ4n) is 1.09. The first-order valence-corrected chi connectivity index (χ1v) is 5.48. The fraction of sp³-hybridized carbons (Fsp3) is 0.300. The number of thioether (sulfide) groups is 1. The van der Waals surface area contributed by atoms with Crippen LogP contribution in [0.2, 0.25) is 0 Å². The number of ether oxygens (including phenoxy) is 1. The molecule has 1 atom stereocenters. The lowest BCUT2D eigenvalue weighted by Crippen LogP contribution is -2.45. The van der Waals surface area contributed by atoms with E-state index in [0.29, 0.717) is 7.11 Å². The molecule has 106 valence electrons. The molecule has 0 aliphatic carbocycles. The molecule has 0 aliphatic rings. The van der Waals surface area contributed by atoms with Gasteiger partial charge in [-0.05, 0) is 12.1 Å². The van der Waals surface area contributed by atoms with Crippen molar-refractivity contribution in [3.05, 3.63) is 18.2 Å².